The van der Waals surface area contributed by atoms with Crippen molar-refractivity contribution in [1.29, 1.82) is 0 Å². The van der Waals surface area contributed by atoms with Gasteiger partial charge in [0.1, 0.15) is 46.2 Å². The third-order valence-corrected chi connectivity index (χ3v) is 16.4. The van der Waals surface area contributed by atoms with E-state index < -0.39 is 0 Å². The van der Waals surface area contributed by atoms with Crippen molar-refractivity contribution in [3.63, 3.8) is 0 Å². The molecular formula is C63H63N13OS. The van der Waals surface area contributed by atoms with Crippen molar-refractivity contribution < 1.29 is 4.42 Å². The molecule has 3 unspecified atom stereocenters. The zero-order chi connectivity index (χ0) is 53.5. The number of hydrogen-bond donors (Lipinski definition) is 2. The van der Waals surface area contributed by atoms with Crippen molar-refractivity contribution in [2.45, 2.75) is 66.2 Å². The Bertz CT molecular complexity index is 3830. The van der Waals surface area contributed by atoms with Gasteiger partial charge in [0.05, 0.1) is 52.5 Å². The average molecular weight is 1050 g/mol. The van der Waals surface area contributed by atoms with Crippen LogP contribution in [-0.2, 0) is 0 Å². The van der Waals surface area contributed by atoms with Crippen molar-refractivity contribution >= 4 is 61.4 Å². The molecule has 78 heavy (non-hydrogen) atoms. The maximum Gasteiger partial charge on any atom is 0.134 e. The van der Waals surface area contributed by atoms with Crippen LogP contribution in [0, 0.1) is 20.8 Å². The Kier molecular flexibility index (Phi) is 13.8. The summed E-state index contributed by atoms with van der Waals surface area (Å²) in [6.45, 7) is 22.1. The van der Waals surface area contributed by atoms with Crippen LogP contribution >= 0.6 is 11.3 Å². The molecule has 3 atom stereocenters. The smallest absolute Gasteiger partial charge is 0.134 e. The van der Waals surface area contributed by atoms with E-state index in [9.17, 15) is 0 Å². The number of rotatable bonds is 14. The summed E-state index contributed by atoms with van der Waals surface area (Å²) in [6.07, 6.45) is 9.99. The quantitative estimate of drug-likeness (QED) is 0.0998. The number of piperazine rings is 2. The highest BCUT2D eigenvalue weighted by atomic mass is 32.1. The summed E-state index contributed by atoms with van der Waals surface area (Å²) in [5.74, 6) is 4.94. The minimum atomic E-state index is -0.228. The number of aromatic nitrogens is 7. The summed E-state index contributed by atoms with van der Waals surface area (Å²) in [5, 5.41) is 8.35. The van der Waals surface area contributed by atoms with Gasteiger partial charge in [-0.15, -0.1) is 11.3 Å². The normalized spacial score (nSPS) is 17.7. The Morgan fingerprint density at radius 2 is 1.29 bits per heavy atom. The molecule has 15 heteroatoms. The Balaban J connectivity index is 0.711. The summed E-state index contributed by atoms with van der Waals surface area (Å²) in [6, 6.07) is 33.9. The zero-order valence-corrected chi connectivity index (χ0v) is 46.1. The first-order valence-electron chi connectivity index (χ1n) is 27.0. The lowest BCUT2D eigenvalue weighted by molar-refractivity contribution is -0.0671. The lowest BCUT2D eigenvalue weighted by Gasteiger charge is -2.59. The first kappa shape index (κ1) is 50.5. The number of benzene rings is 3. The van der Waals surface area contributed by atoms with E-state index in [2.05, 4.69) is 160 Å². The van der Waals surface area contributed by atoms with E-state index in [1.54, 1.807) is 17.6 Å². The van der Waals surface area contributed by atoms with Crippen LogP contribution in [0.1, 0.15) is 62.1 Å². The maximum absolute atomic E-state index is 5.69. The molecule has 392 valence electrons. The largest absolute Gasteiger partial charge is 0.464 e. The van der Waals surface area contributed by atoms with Crippen molar-refractivity contribution in [3.8, 4) is 33.6 Å². The SMILES string of the molecule is CCN1CCN(c2ccc(C3=CC(C(C)Nc4cc(-c5ccc6ncsc6c5)nc(C)n4)=C=C=C3)cn2)CC12CN(c1ccc(-c3cccc(C(C)Nc4cc(-c5ccc6occ(C)c6c5)nc(C)n4)c3)cn1)CCN2CC. The minimum Gasteiger partial charge on any atom is -0.464 e. The molecule has 2 aliphatic heterocycles. The van der Waals surface area contributed by atoms with Gasteiger partial charge in [0.25, 0.3) is 0 Å². The molecule has 0 bridgehead atoms. The summed E-state index contributed by atoms with van der Waals surface area (Å²) < 4.78 is 6.83. The number of allylic oxidation sites excluding steroid dienone is 2. The van der Waals surface area contributed by atoms with Crippen LogP contribution < -0.4 is 20.4 Å². The number of hydrogen-bond acceptors (Lipinski definition) is 15. The van der Waals surface area contributed by atoms with E-state index in [-0.39, 0.29) is 17.7 Å². The maximum atomic E-state index is 5.69. The molecule has 0 amide bonds. The minimum absolute atomic E-state index is 0.00547. The Hall–Kier alpha value is -8.29. The molecular weight excluding hydrogens is 987 g/mol. The first-order valence-corrected chi connectivity index (χ1v) is 27.9. The first-order chi connectivity index (χ1) is 38.0. The number of nitrogens with one attached hydrogen (secondary N) is 2. The van der Waals surface area contributed by atoms with Gasteiger partial charge >= 0.3 is 0 Å². The molecule has 14 nitrogen and oxygen atoms in total. The summed E-state index contributed by atoms with van der Waals surface area (Å²) >= 11 is 1.63. The van der Waals surface area contributed by atoms with Gasteiger partial charge in [-0.25, -0.2) is 34.9 Å². The number of pyridine rings is 2. The fourth-order valence-electron chi connectivity index (χ4n) is 11.4. The van der Waals surface area contributed by atoms with E-state index >= 15 is 0 Å². The average Bonchev–Trinajstić information content (AvgIpc) is 4.24. The topological polar surface area (TPSA) is 140 Å². The van der Waals surface area contributed by atoms with Crippen LogP contribution in [0.2, 0.25) is 0 Å². The second kappa shape index (κ2) is 21.3. The second-order valence-corrected chi connectivity index (χ2v) is 21.5. The van der Waals surface area contributed by atoms with Crippen LogP contribution in [0.25, 0.3) is 60.4 Å². The lowest BCUT2D eigenvalue weighted by Crippen LogP contribution is -2.76. The van der Waals surface area contributed by atoms with Crippen molar-refractivity contribution in [2.24, 2.45) is 0 Å². The van der Waals surface area contributed by atoms with E-state index in [0.29, 0.717) is 11.6 Å². The summed E-state index contributed by atoms with van der Waals surface area (Å²) in [7, 11) is 0. The molecule has 0 saturated carbocycles. The Morgan fingerprint density at radius 1 is 0.654 bits per heavy atom. The van der Waals surface area contributed by atoms with E-state index in [1.807, 2.05) is 62.1 Å². The number of furan rings is 1. The standard InChI is InChI=1S/C63H63N13OS/c1-8-75-26-24-73(61-22-18-51(34-64-61)47-14-10-12-45(28-47)41(4)67-59-32-55(69-43(6)71-59)49-17-21-57-53(30-49)40(3)36-77-57)37-63(75)38-74(25-27-76(63)9-2)62-23-19-52(35-65-62)48-15-11-13-46(29-48)42(5)68-60-33-56(70-44(7)72-60)50-16-20-54-58(31-50)78-39-66-54/h10,12,14-23,28-36,39,41-42H,8-9,24-27,37-38H2,1-7H3,(H,67,69,71)(H,68,70,72). The van der Waals surface area contributed by atoms with Gasteiger partial charge in [-0.2, -0.15) is 0 Å². The molecule has 6 aromatic heterocycles. The van der Waals surface area contributed by atoms with Gasteiger partial charge in [-0.05, 0) is 143 Å². The van der Waals surface area contributed by atoms with Gasteiger partial charge in [0.15, 0.2) is 0 Å². The molecule has 3 aliphatic rings. The molecule has 3 aromatic carbocycles. The van der Waals surface area contributed by atoms with Gasteiger partial charge < -0.3 is 24.9 Å². The number of fused-ring (bicyclic) bond motifs is 2. The highest BCUT2D eigenvalue weighted by Crippen LogP contribution is 2.36. The number of thiazole rings is 1. The Labute approximate surface area is 459 Å². The second-order valence-electron chi connectivity index (χ2n) is 20.7. The van der Waals surface area contributed by atoms with Crippen LogP contribution in [0.5, 0.6) is 0 Å². The van der Waals surface area contributed by atoms with Crippen LogP contribution in [-0.4, -0.2) is 109 Å². The monoisotopic (exact) mass is 1050 g/mol. The molecule has 2 N–H and O–H groups in total. The van der Waals surface area contributed by atoms with Crippen LogP contribution in [0.3, 0.4) is 0 Å². The fourth-order valence-corrected chi connectivity index (χ4v) is 12.2. The molecule has 2 fully saturated rings. The lowest BCUT2D eigenvalue weighted by atomic mass is 9.96. The van der Waals surface area contributed by atoms with Crippen LogP contribution in [0.4, 0.5) is 23.3 Å². The van der Waals surface area contributed by atoms with E-state index in [4.69, 9.17) is 34.3 Å². The molecule has 12 rings (SSSR count). The van der Waals surface area contributed by atoms with Crippen LogP contribution in [0.15, 0.2) is 155 Å². The van der Waals surface area contributed by atoms with Crippen molar-refractivity contribution in [2.75, 3.05) is 72.8 Å². The molecule has 1 aliphatic carbocycles. The van der Waals surface area contributed by atoms with Crippen molar-refractivity contribution in [3.05, 3.63) is 179 Å². The number of anilines is 4. The van der Waals surface area contributed by atoms with Crippen molar-refractivity contribution in [1.82, 2.24) is 44.7 Å². The van der Waals surface area contributed by atoms with Gasteiger partial charge in [-0.1, -0.05) is 49.6 Å². The Morgan fingerprint density at radius 3 is 1.96 bits per heavy atom. The highest BCUT2D eigenvalue weighted by Gasteiger charge is 2.49. The summed E-state index contributed by atoms with van der Waals surface area (Å²) in [4.78, 5) is 44.1. The molecule has 2 saturated heterocycles. The van der Waals surface area contributed by atoms with E-state index in [1.165, 1.54) is 0 Å². The van der Waals surface area contributed by atoms with Gasteiger partial charge in [-0.3, -0.25) is 9.80 Å². The fraction of sp³-hybridized carbons (Fsp3) is 0.286. The molecule has 0 radical (unpaired) electrons. The van der Waals surface area contributed by atoms with E-state index in [0.717, 1.165) is 158 Å². The predicted molar refractivity (Wildman–Crippen MR) is 316 cm³/mol. The molecule has 8 heterocycles. The number of aryl methyl sites for hydroxylation is 3. The third-order valence-electron chi connectivity index (χ3n) is 15.6. The summed E-state index contributed by atoms with van der Waals surface area (Å²) in [5.41, 5.74) is 21.5. The third kappa shape index (κ3) is 10.1. The predicted octanol–water partition coefficient (Wildman–Crippen LogP) is 12.3. The number of likely N-dealkylation sites (N-methyl/N-ethyl adjacent to an activating group) is 2. The zero-order valence-electron chi connectivity index (χ0n) is 45.2. The molecule has 1 spiro atoms. The molecule has 9 aromatic rings. The van der Waals surface area contributed by atoms with Gasteiger partial charge in [0.2, 0.25) is 0 Å². The van der Waals surface area contributed by atoms with Gasteiger partial charge in [0, 0.05) is 90.0 Å². The number of nitrogens with zero attached hydrogens (tertiary/aromatic N) is 11. The highest BCUT2D eigenvalue weighted by molar-refractivity contribution is 7.16.